The minimum absolute atomic E-state index is 0.211. The number of hydrogen-bond donors (Lipinski definition) is 0. The molecule has 6 nitrogen and oxygen atoms in total. The maximum atomic E-state index is 12.7. The van der Waals surface area contributed by atoms with Gasteiger partial charge in [-0.15, -0.1) is 11.8 Å². The number of benzene rings is 1. The molecular formula is C28H40O6S3. The van der Waals surface area contributed by atoms with Gasteiger partial charge in [-0.05, 0) is 56.9 Å². The third kappa shape index (κ3) is 16.6. The van der Waals surface area contributed by atoms with Gasteiger partial charge in [-0.1, -0.05) is 86.9 Å². The van der Waals surface area contributed by atoms with Gasteiger partial charge < -0.3 is 14.2 Å². The van der Waals surface area contributed by atoms with E-state index in [0.29, 0.717) is 38.1 Å². The largest absolute Gasteiger partial charge is 0.465 e. The van der Waals surface area contributed by atoms with E-state index in [-0.39, 0.29) is 23.3 Å². The number of thiocarbonyl (C=S) groups is 1. The van der Waals surface area contributed by atoms with Crippen molar-refractivity contribution in [3.8, 4) is 0 Å². The van der Waals surface area contributed by atoms with Crippen molar-refractivity contribution in [2.45, 2.75) is 83.5 Å². The lowest BCUT2D eigenvalue weighted by Gasteiger charge is -2.12. The van der Waals surface area contributed by atoms with Gasteiger partial charge in [0.25, 0.3) is 6.47 Å². The second-order valence-electron chi connectivity index (χ2n) is 8.53. The third-order valence-electron chi connectivity index (χ3n) is 5.39. The molecule has 1 aromatic carbocycles. The Labute approximate surface area is 235 Å². The molecule has 206 valence electrons. The van der Waals surface area contributed by atoms with Gasteiger partial charge in [-0.3, -0.25) is 9.59 Å². The van der Waals surface area contributed by atoms with Crippen molar-refractivity contribution >= 4 is 63.8 Å². The Morgan fingerprint density at radius 1 is 0.973 bits per heavy atom. The Morgan fingerprint density at radius 2 is 1.59 bits per heavy atom. The predicted octanol–water partition coefficient (Wildman–Crippen LogP) is 7.00. The molecule has 37 heavy (non-hydrogen) atoms. The number of thioether (sulfide) groups is 2. The molecule has 0 fully saturated rings. The van der Waals surface area contributed by atoms with Crippen LogP contribution in [-0.2, 0) is 28.6 Å². The lowest BCUT2D eigenvalue weighted by molar-refractivity contribution is -0.143. The highest BCUT2D eigenvalue weighted by Gasteiger charge is 2.17. The zero-order chi connectivity index (χ0) is 27.3. The van der Waals surface area contributed by atoms with Crippen LogP contribution < -0.4 is 0 Å². The minimum atomic E-state index is -0.328. The summed E-state index contributed by atoms with van der Waals surface area (Å²) in [7, 11) is 0. The number of carbonyl (C=O) groups is 3. The van der Waals surface area contributed by atoms with Gasteiger partial charge in [0.2, 0.25) is 0 Å². The van der Waals surface area contributed by atoms with Gasteiger partial charge in [0.05, 0.1) is 19.3 Å². The molecule has 0 saturated carbocycles. The first-order valence-corrected chi connectivity index (χ1v) is 15.2. The first kappa shape index (κ1) is 33.2. The van der Waals surface area contributed by atoms with Crippen LogP contribution in [-0.4, -0.2) is 52.3 Å². The smallest absolute Gasteiger partial charge is 0.334 e. The van der Waals surface area contributed by atoms with Crippen LogP contribution in [0.15, 0.2) is 35.9 Å². The number of esters is 2. The summed E-state index contributed by atoms with van der Waals surface area (Å²) < 4.78 is 16.6. The van der Waals surface area contributed by atoms with E-state index in [9.17, 15) is 14.4 Å². The average Bonchev–Trinajstić information content (AvgIpc) is 2.88. The lowest BCUT2D eigenvalue weighted by Crippen LogP contribution is -2.18. The lowest BCUT2D eigenvalue weighted by atomic mass is 10.0. The fourth-order valence-electron chi connectivity index (χ4n) is 3.31. The van der Waals surface area contributed by atoms with Crippen LogP contribution in [0, 0.1) is 0 Å². The molecule has 0 aliphatic carbocycles. The summed E-state index contributed by atoms with van der Waals surface area (Å²) in [5.41, 5.74) is 1.50. The second kappa shape index (κ2) is 21.1. The van der Waals surface area contributed by atoms with Crippen LogP contribution in [0.5, 0.6) is 0 Å². The maximum absolute atomic E-state index is 12.7. The van der Waals surface area contributed by atoms with E-state index < -0.39 is 0 Å². The Kier molecular flexibility index (Phi) is 19.0. The monoisotopic (exact) mass is 568 g/mol. The van der Waals surface area contributed by atoms with Gasteiger partial charge >= 0.3 is 11.9 Å². The van der Waals surface area contributed by atoms with E-state index in [1.165, 1.54) is 11.8 Å². The highest BCUT2D eigenvalue weighted by atomic mass is 32.2. The first-order chi connectivity index (χ1) is 17.9. The molecule has 0 aliphatic rings. The van der Waals surface area contributed by atoms with E-state index in [4.69, 9.17) is 26.4 Å². The van der Waals surface area contributed by atoms with Crippen molar-refractivity contribution in [3.63, 3.8) is 0 Å². The van der Waals surface area contributed by atoms with E-state index in [0.717, 1.165) is 53.4 Å². The van der Waals surface area contributed by atoms with Crippen LogP contribution in [0.4, 0.5) is 0 Å². The van der Waals surface area contributed by atoms with Crippen molar-refractivity contribution in [3.05, 3.63) is 41.5 Å². The summed E-state index contributed by atoms with van der Waals surface area (Å²) in [6.07, 6.45) is 8.26. The fourth-order valence-corrected chi connectivity index (χ4v) is 5.84. The van der Waals surface area contributed by atoms with E-state index in [1.54, 1.807) is 18.7 Å². The Bertz CT molecular complexity index is 844. The second-order valence-corrected chi connectivity index (χ2v) is 12.3. The molecule has 0 aromatic heterocycles. The summed E-state index contributed by atoms with van der Waals surface area (Å²) in [6.45, 7) is 6.89. The standard InChI is InChI=1S/C28H40O6S3/c1-4-36-28(35)37-23(3)26(30)32-18-12-7-5-6-8-13-19-33-27(31)25(17-16-22(2)34-21-29)20-24-14-10-9-11-15-24/h9-11,14-15,20-23H,4-8,12-13,16-19H2,1-3H3/b25-20+. The van der Waals surface area contributed by atoms with Crippen molar-refractivity contribution < 1.29 is 28.6 Å². The molecule has 0 saturated heterocycles. The van der Waals surface area contributed by atoms with E-state index >= 15 is 0 Å². The molecule has 2 unspecified atom stereocenters. The molecule has 0 bridgehead atoms. The molecule has 9 heteroatoms. The first-order valence-electron chi connectivity index (χ1n) is 12.9. The molecule has 0 heterocycles. The van der Waals surface area contributed by atoms with Crippen molar-refractivity contribution in [2.24, 2.45) is 0 Å². The van der Waals surface area contributed by atoms with E-state index in [2.05, 4.69) is 0 Å². The average molecular weight is 569 g/mol. The molecule has 1 aromatic rings. The molecular weight excluding hydrogens is 529 g/mol. The SMILES string of the molecule is CCSC(=S)SC(C)C(=O)OCCCCCCCCOC(=O)/C(=C/c1ccccc1)CCC(C)OC=O. The van der Waals surface area contributed by atoms with Gasteiger partial charge in [0.1, 0.15) is 8.78 Å². The highest BCUT2D eigenvalue weighted by molar-refractivity contribution is 8.47. The zero-order valence-electron chi connectivity index (χ0n) is 22.1. The zero-order valence-corrected chi connectivity index (χ0v) is 24.6. The van der Waals surface area contributed by atoms with Crippen LogP contribution in [0.1, 0.15) is 77.7 Å². The number of ether oxygens (including phenoxy) is 3. The maximum Gasteiger partial charge on any atom is 0.334 e. The Hall–Kier alpha value is -1.84. The van der Waals surface area contributed by atoms with Crippen LogP contribution in [0.2, 0.25) is 0 Å². The van der Waals surface area contributed by atoms with Crippen LogP contribution in [0.25, 0.3) is 6.08 Å². The summed E-state index contributed by atoms with van der Waals surface area (Å²) in [4.78, 5) is 35.2. The number of unbranched alkanes of at least 4 members (excludes halogenated alkanes) is 5. The molecule has 2 atom stereocenters. The molecule has 0 aliphatic heterocycles. The van der Waals surface area contributed by atoms with Crippen LogP contribution >= 0.6 is 35.7 Å². The van der Waals surface area contributed by atoms with Gasteiger partial charge in [-0.25, -0.2) is 4.79 Å². The topological polar surface area (TPSA) is 78.9 Å². The molecule has 0 amide bonds. The highest BCUT2D eigenvalue weighted by Crippen LogP contribution is 2.22. The quantitative estimate of drug-likeness (QED) is 0.0438. The number of rotatable bonds is 19. The van der Waals surface area contributed by atoms with Gasteiger partial charge in [-0.2, -0.15) is 0 Å². The Morgan fingerprint density at radius 3 is 2.22 bits per heavy atom. The van der Waals surface area contributed by atoms with Gasteiger partial charge in [0.15, 0.2) is 0 Å². The van der Waals surface area contributed by atoms with Crippen molar-refractivity contribution in [1.29, 1.82) is 0 Å². The summed E-state index contributed by atoms with van der Waals surface area (Å²) >= 11 is 8.17. The Balaban J connectivity index is 2.23. The normalized spacial score (nSPS) is 12.9. The van der Waals surface area contributed by atoms with Crippen molar-refractivity contribution in [2.75, 3.05) is 19.0 Å². The predicted molar refractivity (Wildman–Crippen MR) is 158 cm³/mol. The third-order valence-corrected chi connectivity index (χ3v) is 7.94. The molecule has 0 N–H and O–H groups in total. The molecule has 0 spiro atoms. The summed E-state index contributed by atoms with van der Waals surface area (Å²) in [6, 6.07) is 9.62. The summed E-state index contributed by atoms with van der Waals surface area (Å²) in [5, 5.41) is -0.273. The number of carbonyl (C=O) groups excluding carboxylic acids is 3. The van der Waals surface area contributed by atoms with Gasteiger partial charge in [0, 0.05) is 5.57 Å². The molecule has 1 rings (SSSR count). The number of hydrogen-bond acceptors (Lipinski definition) is 9. The molecule has 0 radical (unpaired) electrons. The summed E-state index contributed by atoms with van der Waals surface area (Å²) in [5.74, 6) is 0.365. The van der Waals surface area contributed by atoms with Crippen LogP contribution in [0.3, 0.4) is 0 Å². The van der Waals surface area contributed by atoms with E-state index in [1.807, 2.05) is 50.3 Å². The minimum Gasteiger partial charge on any atom is -0.465 e. The van der Waals surface area contributed by atoms with Crippen molar-refractivity contribution in [1.82, 2.24) is 0 Å². The fraction of sp³-hybridized carbons (Fsp3) is 0.571.